The monoisotopic (exact) mass is 305 g/mol. The number of hydrogen-bond donors (Lipinski definition) is 1. The van der Waals surface area contributed by atoms with E-state index in [-0.39, 0.29) is 11.5 Å². The smallest absolute Gasteiger partial charge is 0.0945 e. The summed E-state index contributed by atoms with van der Waals surface area (Å²) >= 11 is 0. The van der Waals surface area contributed by atoms with Crippen molar-refractivity contribution in [3.63, 3.8) is 0 Å². The molecule has 0 spiro atoms. The van der Waals surface area contributed by atoms with Crippen molar-refractivity contribution < 1.29 is 5.11 Å². The lowest BCUT2D eigenvalue weighted by Gasteiger charge is -2.34. The van der Waals surface area contributed by atoms with Gasteiger partial charge < -0.3 is 5.11 Å². The van der Waals surface area contributed by atoms with Crippen molar-refractivity contribution in [3.05, 3.63) is 35.4 Å². The van der Waals surface area contributed by atoms with Crippen LogP contribution in [0.25, 0.3) is 0 Å². The molecular formula is C20H35NO. The number of benzene rings is 1. The van der Waals surface area contributed by atoms with Crippen LogP contribution in [0.2, 0.25) is 0 Å². The van der Waals surface area contributed by atoms with Crippen molar-refractivity contribution in [2.45, 2.75) is 78.4 Å². The largest absolute Gasteiger partial charge is 0.387 e. The SMILES string of the molecule is CCCC[C@@H]([C@@H](O)c1ccc(C(C)(C)C)cc1)N(CC)CC. The third-order valence-electron chi connectivity index (χ3n) is 4.62. The van der Waals surface area contributed by atoms with Crippen molar-refractivity contribution in [1.82, 2.24) is 4.90 Å². The molecule has 0 saturated carbocycles. The van der Waals surface area contributed by atoms with Crippen LogP contribution in [-0.4, -0.2) is 29.1 Å². The average molecular weight is 306 g/mol. The first-order valence-corrected chi connectivity index (χ1v) is 8.87. The van der Waals surface area contributed by atoms with Gasteiger partial charge in [0.25, 0.3) is 0 Å². The highest BCUT2D eigenvalue weighted by Crippen LogP contribution is 2.28. The molecule has 1 N–H and O–H groups in total. The number of aliphatic hydroxyl groups excluding tert-OH is 1. The molecule has 126 valence electrons. The van der Waals surface area contributed by atoms with Gasteiger partial charge in [-0.3, -0.25) is 4.90 Å². The van der Waals surface area contributed by atoms with Crippen molar-refractivity contribution in [2.75, 3.05) is 13.1 Å². The number of aliphatic hydroxyl groups is 1. The maximum absolute atomic E-state index is 10.9. The topological polar surface area (TPSA) is 23.5 Å². The third kappa shape index (κ3) is 5.10. The van der Waals surface area contributed by atoms with Crippen molar-refractivity contribution in [1.29, 1.82) is 0 Å². The molecule has 0 radical (unpaired) electrons. The van der Waals surface area contributed by atoms with Gasteiger partial charge in [-0.25, -0.2) is 0 Å². The maximum atomic E-state index is 10.9. The van der Waals surface area contributed by atoms with Gasteiger partial charge in [-0.2, -0.15) is 0 Å². The molecule has 0 aliphatic heterocycles. The Morgan fingerprint density at radius 2 is 1.55 bits per heavy atom. The first-order chi connectivity index (χ1) is 10.3. The minimum absolute atomic E-state index is 0.157. The lowest BCUT2D eigenvalue weighted by atomic mass is 9.85. The molecule has 0 heterocycles. The Morgan fingerprint density at radius 1 is 1.00 bits per heavy atom. The summed E-state index contributed by atoms with van der Waals surface area (Å²) in [4.78, 5) is 2.39. The first kappa shape index (κ1) is 19.2. The van der Waals surface area contributed by atoms with E-state index in [9.17, 15) is 5.11 Å². The second-order valence-electron chi connectivity index (χ2n) is 7.25. The predicted molar refractivity (Wildman–Crippen MR) is 96.3 cm³/mol. The average Bonchev–Trinajstić information content (AvgIpc) is 2.50. The molecule has 1 aromatic rings. The van der Waals surface area contributed by atoms with E-state index in [1.807, 2.05) is 0 Å². The van der Waals surface area contributed by atoms with Gasteiger partial charge in [0.1, 0.15) is 0 Å². The van der Waals surface area contributed by atoms with Crippen LogP contribution in [0.5, 0.6) is 0 Å². The number of rotatable bonds is 8. The molecule has 1 rings (SSSR count). The van der Waals surface area contributed by atoms with Crippen LogP contribution in [0, 0.1) is 0 Å². The van der Waals surface area contributed by atoms with Gasteiger partial charge in [0.05, 0.1) is 6.10 Å². The summed E-state index contributed by atoms with van der Waals surface area (Å²) in [5.74, 6) is 0. The van der Waals surface area contributed by atoms with Crippen LogP contribution in [0.15, 0.2) is 24.3 Å². The molecule has 0 bridgehead atoms. The molecule has 0 aliphatic rings. The normalized spacial score (nSPS) is 15.1. The van der Waals surface area contributed by atoms with Gasteiger partial charge in [-0.15, -0.1) is 0 Å². The lowest BCUT2D eigenvalue weighted by molar-refractivity contribution is 0.0473. The molecule has 2 atom stereocenters. The quantitative estimate of drug-likeness (QED) is 0.737. The van der Waals surface area contributed by atoms with Gasteiger partial charge in [0.2, 0.25) is 0 Å². The van der Waals surface area contributed by atoms with Crippen LogP contribution in [0.4, 0.5) is 0 Å². The third-order valence-corrected chi connectivity index (χ3v) is 4.62. The molecule has 0 fully saturated rings. The molecule has 1 aromatic carbocycles. The van der Waals surface area contributed by atoms with Gasteiger partial charge in [0, 0.05) is 6.04 Å². The highest BCUT2D eigenvalue weighted by atomic mass is 16.3. The standard InChI is InChI=1S/C20H35NO/c1-7-10-11-18(21(8-2)9-3)19(22)16-12-14-17(15-13-16)20(4,5)6/h12-15,18-19,22H,7-11H2,1-6H3/t18-,19-/m0/s1. The fourth-order valence-electron chi connectivity index (χ4n) is 3.05. The van der Waals surface area contributed by atoms with E-state index in [1.165, 1.54) is 12.0 Å². The van der Waals surface area contributed by atoms with Gasteiger partial charge in [-0.05, 0) is 36.1 Å². The summed E-state index contributed by atoms with van der Waals surface area (Å²) in [5, 5.41) is 10.9. The van der Waals surface area contributed by atoms with E-state index >= 15 is 0 Å². The molecule has 22 heavy (non-hydrogen) atoms. The van der Waals surface area contributed by atoms with E-state index < -0.39 is 6.10 Å². The Labute approximate surface area is 137 Å². The zero-order chi connectivity index (χ0) is 16.8. The van der Waals surface area contributed by atoms with Crippen LogP contribution < -0.4 is 0 Å². The van der Waals surface area contributed by atoms with E-state index in [1.54, 1.807) is 0 Å². The number of hydrogen-bond acceptors (Lipinski definition) is 2. The van der Waals surface area contributed by atoms with Crippen molar-refractivity contribution >= 4 is 0 Å². The Morgan fingerprint density at radius 3 is 1.95 bits per heavy atom. The minimum atomic E-state index is -0.402. The van der Waals surface area contributed by atoms with Crippen LogP contribution >= 0.6 is 0 Å². The van der Waals surface area contributed by atoms with Gasteiger partial charge >= 0.3 is 0 Å². The number of unbranched alkanes of at least 4 members (excludes halogenated alkanes) is 1. The first-order valence-electron chi connectivity index (χ1n) is 8.87. The van der Waals surface area contributed by atoms with Crippen LogP contribution in [0.1, 0.15) is 78.0 Å². The zero-order valence-corrected chi connectivity index (χ0v) is 15.4. The minimum Gasteiger partial charge on any atom is -0.387 e. The summed E-state index contributed by atoms with van der Waals surface area (Å²) in [6.07, 6.45) is 2.99. The van der Waals surface area contributed by atoms with E-state index in [0.717, 1.165) is 31.5 Å². The highest BCUT2D eigenvalue weighted by Gasteiger charge is 2.25. The Balaban J connectivity index is 2.94. The highest BCUT2D eigenvalue weighted by molar-refractivity contribution is 5.29. The number of nitrogens with zero attached hydrogens (tertiary/aromatic N) is 1. The second-order valence-corrected chi connectivity index (χ2v) is 7.25. The molecule has 0 unspecified atom stereocenters. The van der Waals surface area contributed by atoms with Gasteiger partial charge in [-0.1, -0.05) is 78.6 Å². The summed E-state index contributed by atoms with van der Waals surface area (Å²) in [5.41, 5.74) is 2.52. The van der Waals surface area contributed by atoms with Crippen LogP contribution in [-0.2, 0) is 5.41 Å². The molecule has 0 aromatic heterocycles. The van der Waals surface area contributed by atoms with Crippen LogP contribution in [0.3, 0.4) is 0 Å². The lowest BCUT2D eigenvalue weighted by Crippen LogP contribution is -2.39. The summed E-state index contributed by atoms with van der Waals surface area (Å²) < 4.78 is 0. The van der Waals surface area contributed by atoms with Crippen molar-refractivity contribution in [3.8, 4) is 0 Å². The number of likely N-dealkylation sites (N-methyl/N-ethyl adjacent to an activating group) is 1. The fraction of sp³-hybridized carbons (Fsp3) is 0.700. The second kappa shape index (κ2) is 8.69. The summed E-state index contributed by atoms with van der Waals surface area (Å²) in [7, 11) is 0. The molecule has 0 saturated heterocycles. The molecule has 2 nitrogen and oxygen atoms in total. The fourth-order valence-corrected chi connectivity index (χ4v) is 3.05. The Bertz CT molecular complexity index is 414. The van der Waals surface area contributed by atoms with E-state index in [2.05, 4.69) is 70.7 Å². The summed E-state index contributed by atoms with van der Waals surface area (Å²) in [6.45, 7) is 15.2. The molecular weight excluding hydrogens is 270 g/mol. The molecule has 0 aliphatic carbocycles. The Kier molecular flexibility index (Phi) is 7.58. The van der Waals surface area contributed by atoms with E-state index in [4.69, 9.17) is 0 Å². The van der Waals surface area contributed by atoms with Gasteiger partial charge in [0.15, 0.2) is 0 Å². The molecule has 0 amide bonds. The van der Waals surface area contributed by atoms with E-state index in [0.29, 0.717) is 0 Å². The Hall–Kier alpha value is -0.860. The predicted octanol–water partition coefficient (Wildman–Crippen LogP) is 4.92. The van der Waals surface area contributed by atoms with Crippen molar-refractivity contribution in [2.24, 2.45) is 0 Å². The zero-order valence-electron chi connectivity index (χ0n) is 15.4. The molecule has 2 heteroatoms. The maximum Gasteiger partial charge on any atom is 0.0945 e. The summed E-state index contributed by atoms with van der Waals surface area (Å²) in [6, 6.07) is 8.76.